The van der Waals surface area contributed by atoms with Gasteiger partial charge in [-0.2, -0.15) is 11.8 Å². The van der Waals surface area contributed by atoms with Gasteiger partial charge in [-0.05, 0) is 17.7 Å². The van der Waals surface area contributed by atoms with Gasteiger partial charge in [-0.15, -0.1) is 0 Å². The summed E-state index contributed by atoms with van der Waals surface area (Å²) in [5.74, 6) is 1.46. The highest BCUT2D eigenvalue weighted by Crippen LogP contribution is 2.12. The van der Waals surface area contributed by atoms with Crippen LogP contribution in [-0.2, 0) is 4.79 Å². The summed E-state index contributed by atoms with van der Waals surface area (Å²) < 4.78 is 0. The molecule has 0 spiro atoms. The van der Waals surface area contributed by atoms with Crippen LogP contribution in [0.15, 0.2) is 30.3 Å². The number of amides is 1. The Morgan fingerprint density at radius 3 is 2.72 bits per heavy atom. The largest absolute Gasteiger partial charge is 0.394 e. The Kier molecular flexibility index (Phi) is 7.53. The van der Waals surface area contributed by atoms with Gasteiger partial charge in [0.05, 0.1) is 18.4 Å². The maximum Gasteiger partial charge on any atom is 0.230 e. The van der Waals surface area contributed by atoms with Gasteiger partial charge in [0.15, 0.2) is 0 Å². The predicted molar refractivity (Wildman–Crippen MR) is 76.6 cm³/mol. The van der Waals surface area contributed by atoms with Crippen molar-refractivity contribution in [2.24, 2.45) is 0 Å². The first-order valence-corrected chi connectivity index (χ1v) is 7.46. The molecule has 0 aliphatic rings. The van der Waals surface area contributed by atoms with E-state index >= 15 is 0 Å². The van der Waals surface area contributed by atoms with E-state index < -0.39 is 0 Å². The highest BCUT2D eigenvalue weighted by atomic mass is 32.2. The van der Waals surface area contributed by atoms with E-state index in [1.807, 2.05) is 30.3 Å². The summed E-state index contributed by atoms with van der Waals surface area (Å²) in [5.41, 5.74) is 0.937. The van der Waals surface area contributed by atoms with Crippen molar-refractivity contribution in [1.29, 1.82) is 0 Å². The topological polar surface area (TPSA) is 49.3 Å². The molecule has 1 aromatic carbocycles. The lowest BCUT2D eigenvalue weighted by atomic mass is 10.1. The maximum absolute atomic E-state index is 11.7. The Morgan fingerprint density at radius 1 is 1.39 bits per heavy atom. The smallest absolute Gasteiger partial charge is 0.230 e. The standard InChI is InChI=1S/C14H21NO2S/c1-2-3-9-18-11-14(17)15-13(10-16)12-7-5-4-6-8-12/h4-8,13,16H,2-3,9-11H2,1H3,(H,15,17)/t13-/m0/s1. The van der Waals surface area contributed by atoms with Crippen molar-refractivity contribution < 1.29 is 9.90 Å². The van der Waals surface area contributed by atoms with Gasteiger partial charge in [0, 0.05) is 0 Å². The molecule has 100 valence electrons. The molecule has 0 saturated carbocycles. The minimum atomic E-state index is -0.300. The van der Waals surface area contributed by atoms with Crippen LogP contribution >= 0.6 is 11.8 Å². The van der Waals surface area contributed by atoms with Crippen molar-refractivity contribution in [3.63, 3.8) is 0 Å². The number of nitrogens with one attached hydrogen (secondary N) is 1. The van der Waals surface area contributed by atoms with Crippen LogP contribution in [0, 0.1) is 0 Å². The van der Waals surface area contributed by atoms with Crippen molar-refractivity contribution in [3.05, 3.63) is 35.9 Å². The number of hydrogen-bond donors (Lipinski definition) is 2. The predicted octanol–water partition coefficient (Wildman–Crippen LogP) is 2.37. The second-order valence-electron chi connectivity index (χ2n) is 4.12. The summed E-state index contributed by atoms with van der Waals surface area (Å²) in [7, 11) is 0. The first kappa shape index (κ1) is 15.1. The first-order chi connectivity index (χ1) is 8.77. The highest BCUT2D eigenvalue weighted by molar-refractivity contribution is 7.99. The summed E-state index contributed by atoms with van der Waals surface area (Å²) >= 11 is 1.64. The number of thioether (sulfide) groups is 1. The van der Waals surface area contributed by atoms with Crippen molar-refractivity contribution in [3.8, 4) is 0 Å². The zero-order valence-electron chi connectivity index (χ0n) is 10.8. The van der Waals surface area contributed by atoms with Crippen LogP contribution in [0.4, 0.5) is 0 Å². The van der Waals surface area contributed by atoms with Gasteiger partial charge in [-0.3, -0.25) is 4.79 Å². The normalized spacial score (nSPS) is 12.1. The number of unbranched alkanes of at least 4 members (excludes halogenated alkanes) is 1. The zero-order valence-corrected chi connectivity index (χ0v) is 11.6. The van der Waals surface area contributed by atoms with E-state index in [0.29, 0.717) is 5.75 Å². The minimum absolute atomic E-state index is 0.0148. The number of benzene rings is 1. The molecular formula is C14H21NO2S. The maximum atomic E-state index is 11.7. The fourth-order valence-electron chi connectivity index (χ4n) is 1.57. The molecule has 18 heavy (non-hydrogen) atoms. The summed E-state index contributed by atoms with van der Waals surface area (Å²) in [6.45, 7) is 2.06. The van der Waals surface area contributed by atoms with Crippen LogP contribution in [0.2, 0.25) is 0 Å². The molecule has 1 rings (SSSR count). The van der Waals surface area contributed by atoms with Crippen molar-refractivity contribution in [2.75, 3.05) is 18.1 Å². The molecule has 0 saturated heterocycles. The summed E-state index contributed by atoms with van der Waals surface area (Å²) in [5, 5.41) is 12.2. The van der Waals surface area contributed by atoms with Gasteiger partial charge in [0.2, 0.25) is 5.91 Å². The second-order valence-corrected chi connectivity index (χ2v) is 5.22. The van der Waals surface area contributed by atoms with Crippen LogP contribution in [0.5, 0.6) is 0 Å². The lowest BCUT2D eigenvalue weighted by molar-refractivity contribution is -0.119. The Morgan fingerprint density at radius 2 is 2.11 bits per heavy atom. The molecule has 3 nitrogen and oxygen atoms in total. The van der Waals surface area contributed by atoms with Gasteiger partial charge in [0.1, 0.15) is 0 Å². The number of hydrogen-bond acceptors (Lipinski definition) is 3. The molecule has 0 aromatic heterocycles. The van der Waals surface area contributed by atoms with E-state index in [4.69, 9.17) is 0 Å². The molecule has 4 heteroatoms. The minimum Gasteiger partial charge on any atom is -0.394 e. The van der Waals surface area contributed by atoms with E-state index in [-0.39, 0.29) is 18.6 Å². The molecule has 0 aliphatic heterocycles. The monoisotopic (exact) mass is 267 g/mol. The third-order valence-corrected chi connectivity index (χ3v) is 3.64. The molecule has 1 atom stereocenters. The average Bonchev–Trinajstić information content (AvgIpc) is 2.42. The number of aliphatic hydroxyl groups excluding tert-OH is 1. The number of carbonyl (C=O) groups excluding carboxylic acids is 1. The fraction of sp³-hybridized carbons (Fsp3) is 0.500. The number of rotatable bonds is 8. The molecule has 0 bridgehead atoms. The van der Waals surface area contributed by atoms with E-state index in [2.05, 4.69) is 12.2 Å². The summed E-state index contributed by atoms with van der Waals surface area (Å²) in [4.78, 5) is 11.7. The third kappa shape index (κ3) is 5.56. The Balaban J connectivity index is 2.37. The summed E-state index contributed by atoms with van der Waals surface area (Å²) in [6.07, 6.45) is 2.29. The van der Waals surface area contributed by atoms with Crippen LogP contribution in [0.25, 0.3) is 0 Å². The van der Waals surface area contributed by atoms with Crippen molar-refractivity contribution in [2.45, 2.75) is 25.8 Å². The van der Waals surface area contributed by atoms with Crippen LogP contribution in [0.1, 0.15) is 31.4 Å². The Hall–Kier alpha value is -1.00. The molecule has 1 amide bonds. The molecule has 0 fully saturated rings. The van der Waals surface area contributed by atoms with Gasteiger partial charge in [0.25, 0.3) is 0 Å². The zero-order chi connectivity index (χ0) is 13.2. The second kappa shape index (κ2) is 9.00. The van der Waals surface area contributed by atoms with E-state index in [1.165, 1.54) is 0 Å². The van der Waals surface area contributed by atoms with Gasteiger partial charge >= 0.3 is 0 Å². The molecule has 0 aliphatic carbocycles. The molecule has 0 radical (unpaired) electrons. The molecule has 2 N–H and O–H groups in total. The lowest BCUT2D eigenvalue weighted by Gasteiger charge is -2.16. The SMILES string of the molecule is CCCCSCC(=O)N[C@@H](CO)c1ccccc1. The quantitative estimate of drug-likeness (QED) is 0.711. The van der Waals surface area contributed by atoms with E-state index in [9.17, 15) is 9.90 Å². The average molecular weight is 267 g/mol. The lowest BCUT2D eigenvalue weighted by Crippen LogP contribution is -2.32. The fourth-order valence-corrected chi connectivity index (χ4v) is 2.47. The molecule has 1 aromatic rings. The van der Waals surface area contributed by atoms with E-state index in [0.717, 1.165) is 24.2 Å². The van der Waals surface area contributed by atoms with Crippen LogP contribution in [-0.4, -0.2) is 29.1 Å². The third-order valence-electron chi connectivity index (χ3n) is 2.60. The van der Waals surface area contributed by atoms with Gasteiger partial charge in [-0.1, -0.05) is 43.7 Å². The van der Waals surface area contributed by atoms with Crippen molar-refractivity contribution in [1.82, 2.24) is 5.32 Å². The first-order valence-electron chi connectivity index (χ1n) is 6.30. The molecule has 0 unspecified atom stereocenters. The molecule has 0 heterocycles. The molecular weight excluding hydrogens is 246 g/mol. The van der Waals surface area contributed by atoms with Crippen LogP contribution < -0.4 is 5.32 Å². The Bertz CT molecular complexity index is 343. The van der Waals surface area contributed by atoms with E-state index in [1.54, 1.807) is 11.8 Å². The van der Waals surface area contributed by atoms with Gasteiger partial charge in [-0.25, -0.2) is 0 Å². The number of carbonyl (C=O) groups is 1. The Labute approximate surface area is 113 Å². The number of aliphatic hydroxyl groups is 1. The highest BCUT2D eigenvalue weighted by Gasteiger charge is 2.12. The summed E-state index contributed by atoms with van der Waals surface area (Å²) in [6, 6.07) is 9.24. The van der Waals surface area contributed by atoms with Gasteiger partial charge < -0.3 is 10.4 Å². The van der Waals surface area contributed by atoms with Crippen LogP contribution in [0.3, 0.4) is 0 Å². The van der Waals surface area contributed by atoms with Crippen molar-refractivity contribution >= 4 is 17.7 Å².